The largest absolute Gasteiger partial charge is 0.352 e. The number of alkyl halides is 1. The van der Waals surface area contributed by atoms with Crippen LogP contribution in [0.1, 0.15) is 32.6 Å². The summed E-state index contributed by atoms with van der Waals surface area (Å²) in [4.78, 5) is 11.7. The van der Waals surface area contributed by atoms with Crippen molar-refractivity contribution in [2.24, 2.45) is 23.7 Å². The number of hydrogen-bond acceptors (Lipinski definition) is 1. The molecule has 15 heavy (non-hydrogen) atoms. The van der Waals surface area contributed by atoms with Gasteiger partial charge in [-0.05, 0) is 49.4 Å². The maximum absolute atomic E-state index is 11.7. The van der Waals surface area contributed by atoms with Crippen molar-refractivity contribution >= 4 is 21.8 Å². The summed E-state index contributed by atoms with van der Waals surface area (Å²) in [6.07, 6.45) is 5.17. The van der Waals surface area contributed by atoms with E-state index in [1.807, 2.05) is 6.92 Å². The van der Waals surface area contributed by atoms with Gasteiger partial charge in [-0.3, -0.25) is 4.79 Å². The molecule has 1 N–H and O–H groups in total. The van der Waals surface area contributed by atoms with E-state index in [1.54, 1.807) is 0 Å². The van der Waals surface area contributed by atoms with Crippen molar-refractivity contribution in [2.45, 2.75) is 43.5 Å². The average molecular weight is 272 g/mol. The fraction of sp³-hybridized carbons (Fsp3) is 0.917. The van der Waals surface area contributed by atoms with Gasteiger partial charge in [0.15, 0.2) is 0 Å². The number of carbonyl (C=O) groups is 1. The van der Waals surface area contributed by atoms with E-state index in [1.165, 1.54) is 19.3 Å². The highest BCUT2D eigenvalue weighted by molar-refractivity contribution is 9.10. The number of fused-ring (bicyclic) bond motifs is 5. The van der Waals surface area contributed by atoms with Gasteiger partial charge in [0.05, 0.1) is 4.83 Å². The lowest BCUT2D eigenvalue weighted by Crippen LogP contribution is -2.35. The molecule has 0 spiro atoms. The van der Waals surface area contributed by atoms with E-state index in [4.69, 9.17) is 0 Å². The van der Waals surface area contributed by atoms with Crippen LogP contribution in [0.3, 0.4) is 0 Å². The van der Waals surface area contributed by atoms with Crippen LogP contribution in [0.15, 0.2) is 0 Å². The Bertz CT molecular complexity index is 277. The van der Waals surface area contributed by atoms with Crippen LogP contribution >= 0.6 is 15.9 Å². The van der Waals surface area contributed by atoms with Crippen molar-refractivity contribution in [3.05, 3.63) is 0 Å². The summed E-state index contributed by atoms with van der Waals surface area (Å²) in [5, 5.41) is 3.22. The van der Waals surface area contributed by atoms with Gasteiger partial charge in [-0.25, -0.2) is 0 Å². The van der Waals surface area contributed by atoms with E-state index < -0.39 is 0 Å². The number of rotatable bonds is 3. The van der Waals surface area contributed by atoms with Gasteiger partial charge in [0.1, 0.15) is 0 Å². The summed E-state index contributed by atoms with van der Waals surface area (Å²) in [7, 11) is 0. The molecule has 0 aliphatic heterocycles. The molecule has 5 unspecified atom stereocenters. The van der Waals surface area contributed by atoms with Crippen LogP contribution < -0.4 is 5.32 Å². The Balaban J connectivity index is 1.57. The Hall–Kier alpha value is -0.0500. The fourth-order valence-electron chi connectivity index (χ4n) is 3.96. The molecule has 3 aliphatic carbocycles. The average Bonchev–Trinajstić information content (AvgIpc) is 2.66. The molecule has 3 rings (SSSR count). The van der Waals surface area contributed by atoms with Gasteiger partial charge in [-0.15, -0.1) is 0 Å². The van der Waals surface area contributed by atoms with Gasteiger partial charge < -0.3 is 5.32 Å². The van der Waals surface area contributed by atoms with Crippen LogP contribution in [-0.4, -0.2) is 16.8 Å². The third-order valence-corrected chi connectivity index (χ3v) is 5.75. The Kier molecular flexibility index (Phi) is 2.35. The minimum absolute atomic E-state index is 0.0106. The number of halogens is 1. The highest BCUT2D eigenvalue weighted by atomic mass is 79.9. The summed E-state index contributed by atoms with van der Waals surface area (Å²) in [6, 6.07) is 0.537. The first-order chi connectivity index (χ1) is 7.22. The predicted octanol–water partition coefficient (Wildman–Crippen LogP) is 2.32. The van der Waals surface area contributed by atoms with Gasteiger partial charge in [0.25, 0.3) is 0 Å². The molecular formula is C12H18BrNO. The predicted molar refractivity (Wildman–Crippen MR) is 62.7 cm³/mol. The summed E-state index contributed by atoms with van der Waals surface area (Å²) >= 11 is 3.41. The van der Waals surface area contributed by atoms with Gasteiger partial charge in [0.2, 0.25) is 5.91 Å². The molecule has 2 bridgehead atoms. The molecule has 0 aromatic rings. The SMILES string of the molecule is CCC(Br)C(=O)NC1C2C3CCC(C3)C12. The normalized spacial score (nSPS) is 47.5. The van der Waals surface area contributed by atoms with Crippen LogP contribution in [-0.2, 0) is 4.79 Å². The molecule has 2 nitrogen and oxygen atoms in total. The molecule has 0 aromatic heterocycles. The molecule has 3 heteroatoms. The zero-order valence-electron chi connectivity index (χ0n) is 9.08. The summed E-state index contributed by atoms with van der Waals surface area (Å²) in [5.74, 6) is 3.80. The number of amides is 1. The van der Waals surface area contributed by atoms with Gasteiger partial charge >= 0.3 is 0 Å². The van der Waals surface area contributed by atoms with E-state index in [-0.39, 0.29) is 10.7 Å². The van der Waals surface area contributed by atoms with Crippen LogP contribution in [0.25, 0.3) is 0 Å². The Labute approximate surface area is 99.3 Å². The smallest absolute Gasteiger partial charge is 0.234 e. The van der Waals surface area contributed by atoms with Crippen LogP contribution in [0.4, 0.5) is 0 Å². The third kappa shape index (κ3) is 1.46. The first-order valence-electron chi connectivity index (χ1n) is 6.16. The maximum atomic E-state index is 11.7. The van der Waals surface area contributed by atoms with Crippen molar-refractivity contribution in [1.82, 2.24) is 5.32 Å². The third-order valence-electron chi connectivity index (χ3n) is 4.69. The first kappa shape index (κ1) is 10.1. The van der Waals surface area contributed by atoms with Crippen molar-refractivity contribution in [1.29, 1.82) is 0 Å². The summed E-state index contributed by atoms with van der Waals surface area (Å²) in [5.41, 5.74) is 0. The zero-order chi connectivity index (χ0) is 10.6. The topological polar surface area (TPSA) is 29.1 Å². The van der Waals surface area contributed by atoms with E-state index in [2.05, 4.69) is 21.2 Å². The van der Waals surface area contributed by atoms with Crippen molar-refractivity contribution in [2.75, 3.05) is 0 Å². The summed E-state index contributed by atoms with van der Waals surface area (Å²) in [6.45, 7) is 2.04. The molecule has 5 atom stereocenters. The van der Waals surface area contributed by atoms with E-state index in [9.17, 15) is 4.79 Å². The second-order valence-electron chi connectivity index (χ2n) is 5.40. The highest BCUT2D eigenvalue weighted by Gasteiger charge is 2.65. The molecule has 0 heterocycles. The molecule has 0 saturated heterocycles. The van der Waals surface area contributed by atoms with Crippen LogP contribution in [0, 0.1) is 23.7 Å². The molecule has 3 saturated carbocycles. The molecule has 0 radical (unpaired) electrons. The number of hydrogen-bond donors (Lipinski definition) is 1. The monoisotopic (exact) mass is 271 g/mol. The lowest BCUT2D eigenvalue weighted by atomic mass is 10.0. The standard InChI is InChI=1S/C12H18BrNO/c1-2-8(13)12(15)14-11-9-6-3-4-7(5-6)10(9)11/h6-11H,2-5H2,1H3,(H,14,15). The lowest BCUT2D eigenvalue weighted by Gasteiger charge is -2.12. The molecular weight excluding hydrogens is 254 g/mol. The van der Waals surface area contributed by atoms with Crippen molar-refractivity contribution in [3.8, 4) is 0 Å². The van der Waals surface area contributed by atoms with Crippen molar-refractivity contribution < 1.29 is 4.79 Å². The minimum Gasteiger partial charge on any atom is -0.352 e. The second kappa shape index (κ2) is 3.47. The van der Waals surface area contributed by atoms with Gasteiger partial charge in [-0.1, -0.05) is 22.9 Å². The van der Waals surface area contributed by atoms with E-state index in [0.717, 1.165) is 30.1 Å². The molecule has 84 valence electrons. The highest BCUT2D eigenvalue weighted by Crippen LogP contribution is 2.65. The second-order valence-corrected chi connectivity index (χ2v) is 6.50. The van der Waals surface area contributed by atoms with Gasteiger partial charge in [-0.2, -0.15) is 0 Å². The first-order valence-corrected chi connectivity index (χ1v) is 7.08. The molecule has 1 amide bonds. The maximum Gasteiger partial charge on any atom is 0.234 e. The Morgan fingerprint density at radius 3 is 2.53 bits per heavy atom. The number of nitrogens with one attached hydrogen (secondary N) is 1. The minimum atomic E-state index is 0.0106. The van der Waals surface area contributed by atoms with Crippen LogP contribution in [0.2, 0.25) is 0 Å². The van der Waals surface area contributed by atoms with Crippen LogP contribution in [0.5, 0.6) is 0 Å². The Morgan fingerprint density at radius 2 is 2.00 bits per heavy atom. The Morgan fingerprint density at radius 1 is 1.40 bits per heavy atom. The fourth-order valence-corrected chi connectivity index (χ4v) is 4.09. The zero-order valence-corrected chi connectivity index (χ0v) is 10.7. The van der Waals surface area contributed by atoms with E-state index >= 15 is 0 Å². The lowest BCUT2D eigenvalue weighted by molar-refractivity contribution is -0.120. The van der Waals surface area contributed by atoms with Crippen molar-refractivity contribution in [3.63, 3.8) is 0 Å². The molecule has 0 aromatic carbocycles. The van der Waals surface area contributed by atoms with Gasteiger partial charge in [0, 0.05) is 6.04 Å². The van der Waals surface area contributed by atoms with E-state index in [0.29, 0.717) is 6.04 Å². The molecule has 3 aliphatic rings. The molecule has 3 fully saturated rings. The quantitative estimate of drug-likeness (QED) is 0.785. The number of carbonyl (C=O) groups excluding carboxylic acids is 1. The summed E-state index contributed by atoms with van der Waals surface area (Å²) < 4.78 is 0.